The number of anilines is 1. The van der Waals surface area contributed by atoms with Crippen molar-refractivity contribution < 1.29 is 18.0 Å². The van der Waals surface area contributed by atoms with Gasteiger partial charge in [-0.05, 0) is 27.7 Å². The maximum Gasteiger partial charge on any atom is 0.443 e. The predicted octanol–water partition coefficient (Wildman–Crippen LogP) is 4.08. The highest BCUT2D eigenvalue weighted by Gasteiger charge is 2.38. The highest BCUT2D eigenvalue weighted by atomic mass is 32.1. The number of aryl methyl sites for hydroxylation is 3. The quantitative estimate of drug-likeness (QED) is 0.565. The first-order chi connectivity index (χ1) is 15.5. The number of rotatable bonds is 4. The Labute approximate surface area is 193 Å². The molecule has 1 saturated heterocycles. The van der Waals surface area contributed by atoms with Gasteiger partial charge in [-0.2, -0.15) is 18.3 Å². The number of nitrogens with zero attached hydrogens (tertiary/aromatic N) is 6. The van der Waals surface area contributed by atoms with Gasteiger partial charge in [0.2, 0.25) is 10.9 Å². The van der Waals surface area contributed by atoms with Crippen LogP contribution in [-0.4, -0.2) is 56.2 Å². The first-order valence-electron chi connectivity index (χ1n) is 10.6. The van der Waals surface area contributed by atoms with Crippen LogP contribution in [0.5, 0.6) is 0 Å². The molecule has 1 amide bonds. The van der Waals surface area contributed by atoms with E-state index < -0.39 is 11.2 Å². The Kier molecular flexibility index (Phi) is 6.17. The molecule has 2 aromatic heterocycles. The Balaban J connectivity index is 1.56. The van der Waals surface area contributed by atoms with Gasteiger partial charge >= 0.3 is 6.18 Å². The maximum atomic E-state index is 13.5. The summed E-state index contributed by atoms with van der Waals surface area (Å²) in [6, 6.07) is 7.12. The van der Waals surface area contributed by atoms with Crippen molar-refractivity contribution >= 4 is 22.2 Å². The van der Waals surface area contributed by atoms with E-state index in [1.54, 1.807) is 35.6 Å². The van der Waals surface area contributed by atoms with Crippen LogP contribution in [0.1, 0.15) is 29.1 Å². The fraction of sp³-hybridized carbons (Fsp3) is 0.455. The number of carbonyl (C=O) groups excluding carboxylic acids is 1. The lowest BCUT2D eigenvalue weighted by Crippen LogP contribution is -2.54. The van der Waals surface area contributed by atoms with E-state index in [2.05, 4.69) is 15.1 Å². The van der Waals surface area contributed by atoms with E-state index in [4.69, 9.17) is 0 Å². The number of alkyl halides is 3. The lowest BCUT2D eigenvalue weighted by Gasteiger charge is -2.40. The van der Waals surface area contributed by atoms with Gasteiger partial charge in [-0.3, -0.25) is 4.79 Å². The molecule has 1 atom stereocenters. The molecule has 3 aromatic rings. The molecule has 176 valence electrons. The van der Waals surface area contributed by atoms with E-state index in [9.17, 15) is 18.0 Å². The van der Waals surface area contributed by atoms with Crippen LogP contribution in [0, 0.1) is 20.8 Å². The van der Waals surface area contributed by atoms with Crippen molar-refractivity contribution in [3.8, 4) is 11.3 Å². The van der Waals surface area contributed by atoms with Gasteiger partial charge in [0, 0.05) is 31.2 Å². The van der Waals surface area contributed by atoms with Crippen LogP contribution in [0.4, 0.5) is 18.2 Å². The summed E-state index contributed by atoms with van der Waals surface area (Å²) in [5.41, 5.74) is 1.99. The van der Waals surface area contributed by atoms with Crippen LogP contribution in [0.3, 0.4) is 0 Å². The lowest BCUT2D eigenvalue weighted by molar-refractivity contribution is -0.137. The number of halogens is 3. The second-order valence-corrected chi connectivity index (χ2v) is 9.26. The molecule has 7 nitrogen and oxygen atoms in total. The summed E-state index contributed by atoms with van der Waals surface area (Å²) in [6.07, 6.45) is -4.51. The van der Waals surface area contributed by atoms with E-state index in [-0.39, 0.29) is 18.5 Å². The van der Waals surface area contributed by atoms with Crippen LogP contribution in [0.15, 0.2) is 24.3 Å². The second kappa shape index (κ2) is 8.77. The monoisotopic (exact) mass is 478 g/mol. The van der Waals surface area contributed by atoms with E-state index in [0.717, 1.165) is 5.56 Å². The second-order valence-electron chi connectivity index (χ2n) is 8.28. The van der Waals surface area contributed by atoms with Gasteiger partial charge in [-0.1, -0.05) is 41.2 Å². The summed E-state index contributed by atoms with van der Waals surface area (Å²) in [6.45, 7) is 8.72. The van der Waals surface area contributed by atoms with Gasteiger partial charge in [-0.15, -0.1) is 0 Å². The fourth-order valence-electron chi connectivity index (χ4n) is 3.99. The van der Waals surface area contributed by atoms with Gasteiger partial charge in [0.25, 0.3) is 0 Å². The Hall–Kier alpha value is -2.95. The van der Waals surface area contributed by atoms with Gasteiger partial charge in [0.15, 0.2) is 0 Å². The molecule has 4 rings (SSSR count). The molecule has 0 N–H and O–H groups in total. The molecule has 3 heterocycles. The zero-order valence-electron chi connectivity index (χ0n) is 18.8. The minimum atomic E-state index is -4.51. The number of aromatic nitrogens is 4. The minimum Gasteiger partial charge on any atom is -0.358 e. The molecule has 0 aliphatic carbocycles. The molecule has 1 aromatic carbocycles. The topological polar surface area (TPSA) is 67.2 Å². The molecule has 11 heteroatoms. The van der Waals surface area contributed by atoms with Gasteiger partial charge in [-0.25, -0.2) is 14.6 Å². The number of piperazine rings is 1. The normalized spacial score (nSPS) is 17.0. The number of hydrogen-bond acceptors (Lipinski definition) is 6. The van der Waals surface area contributed by atoms with Gasteiger partial charge in [0.05, 0.1) is 0 Å². The Morgan fingerprint density at radius 2 is 1.82 bits per heavy atom. The van der Waals surface area contributed by atoms with Crippen molar-refractivity contribution in [2.75, 3.05) is 24.5 Å². The van der Waals surface area contributed by atoms with E-state index >= 15 is 0 Å². The summed E-state index contributed by atoms with van der Waals surface area (Å²) in [4.78, 5) is 24.7. The molecular formula is C22H25F3N6OS. The zero-order chi connectivity index (χ0) is 23.9. The zero-order valence-corrected chi connectivity index (χ0v) is 19.7. The number of amides is 1. The van der Waals surface area contributed by atoms with Crippen molar-refractivity contribution in [3.05, 3.63) is 46.5 Å². The highest BCUT2D eigenvalue weighted by Crippen LogP contribution is 2.43. The molecule has 33 heavy (non-hydrogen) atoms. The van der Waals surface area contributed by atoms with E-state index in [0.29, 0.717) is 58.9 Å². The Bertz CT molecular complexity index is 1150. The number of hydrogen-bond donors (Lipinski definition) is 0. The molecule has 0 saturated carbocycles. The van der Waals surface area contributed by atoms with Crippen LogP contribution >= 0.6 is 11.3 Å². The molecule has 0 unspecified atom stereocenters. The molecule has 1 fully saturated rings. The van der Waals surface area contributed by atoms with Gasteiger partial charge < -0.3 is 9.80 Å². The molecular weight excluding hydrogens is 453 g/mol. The van der Waals surface area contributed by atoms with Crippen LogP contribution in [-0.2, 0) is 17.5 Å². The maximum absolute atomic E-state index is 13.5. The van der Waals surface area contributed by atoms with Crippen molar-refractivity contribution in [2.45, 2.75) is 46.5 Å². The third-order valence-electron chi connectivity index (χ3n) is 5.66. The van der Waals surface area contributed by atoms with Crippen molar-refractivity contribution in [1.29, 1.82) is 0 Å². The van der Waals surface area contributed by atoms with Crippen LogP contribution in [0.25, 0.3) is 11.3 Å². The Morgan fingerprint density at radius 1 is 1.12 bits per heavy atom. The SMILES string of the molecule is Cc1ccc(-c2nc(C(F)(F)F)sc2N2CCN(C(=O)Cn3nc(C)nc3C)[C@H](C)C2)cc1. The Morgan fingerprint density at radius 3 is 2.39 bits per heavy atom. The van der Waals surface area contributed by atoms with Crippen molar-refractivity contribution in [1.82, 2.24) is 24.6 Å². The molecule has 1 aliphatic heterocycles. The van der Waals surface area contributed by atoms with Crippen molar-refractivity contribution in [2.24, 2.45) is 0 Å². The van der Waals surface area contributed by atoms with Crippen molar-refractivity contribution in [3.63, 3.8) is 0 Å². The average molecular weight is 479 g/mol. The van der Waals surface area contributed by atoms with Crippen LogP contribution < -0.4 is 4.90 Å². The molecule has 0 bridgehead atoms. The number of carbonyl (C=O) groups is 1. The summed E-state index contributed by atoms with van der Waals surface area (Å²) >= 11 is 0.655. The summed E-state index contributed by atoms with van der Waals surface area (Å²) < 4.78 is 42.0. The minimum absolute atomic E-state index is 0.0877. The van der Waals surface area contributed by atoms with E-state index in [1.807, 2.05) is 30.9 Å². The fourth-order valence-corrected chi connectivity index (χ4v) is 4.98. The molecule has 0 spiro atoms. The lowest BCUT2D eigenvalue weighted by atomic mass is 10.1. The van der Waals surface area contributed by atoms with Crippen LogP contribution in [0.2, 0.25) is 0 Å². The number of benzene rings is 1. The first-order valence-corrected chi connectivity index (χ1v) is 11.4. The average Bonchev–Trinajstić information content (AvgIpc) is 3.32. The first kappa shape index (κ1) is 23.2. The summed E-state index contributed by atoms with van der Waals surface area (Å²) in [7, 11) is 0. The standard InChI is InChI=1S/C22H25F3N6OS/c1-13-5-7-17(8-6-13)19-20(33-21(27-19)22(23,24)25)29-9-10-30(14(2)11-29)18(32)12-31-16(4)26-15(3)28-31/h5-8,14H,9-12H2,1-4H3/t14-/m1/s1. The van der Waals surface area contributed by atoms with Gasteiger partial charge in [0.1, 0.15) is 28.9 Å². The molecule has 1 aliphatic rings. The summed E-state index contributed by atoms with van der Waals surface area (Å²) in [5.74, 6) is 1.18. The van der Waals surface area contributed by atoms with E-state index in [1.165, 1.54) is 0 Å². The molecule has 0 radical (unpaired) electrons. The predicted molar refractivity (Wildman–Crippen MR) is 120 cm³/mol. The summed E-state index contributed by atoms with van der Waals surface area (Å²) in [5, 5.41) is 3.86. The highest BCUT2D eigenvalue weighted by molar-refractivity contribution is 7.16. The third-order valence-corrected chi connectivity index (χ3v) is 6.82. The largest absolute Gasteiger partial charge is 0.443 e. The smallest absolute Gasteiger partial charge is 0.358 e. The number of thiazole rings is 1. The third kappa shape index (κ3) is 4.87.